The van der Waals surface area contributed by atoms with Gasteiger partial charge in [-0.1, -0.05) is 37.6 Å². The van der Waals surface area contributed by atoms with Crippen molar-refractivity contribution in [2.75, 3.05) is 13.6 Å². The minimum Gasteiger partial charge on any atom is -0.454 e. The van der Waals surface area contributed by atoms with Crippen molar-refractivity contribution in [3.05, 3.63) is 66.2 Å². The summed E-state index contributed by atoms with van der Waals surface area (Å²) in [5.74, 6) is 0.453. The van der Waals surface area contributed by atoms with E-state index in [1.54, 1.807) is 18.2 Å². The Morgan fingerprint density at radius 3 is 2.62 bits per heavy atom. The maximum Gasteiger partial charge on any atom is 0.165 e. The highest BCUT2D eigenvalue weighted by molar-refractivity contribution is 5.66. The summed E-state index contributed by atoms with van der Waals surface area (Å²) < 4.78 is 19.3. The van der Waals surface area contributed by atoms with Crippen LogP contribution in [0.5, 0.6) is 11.5 Å². The van der Waals surface area contributed by atoms with Crippen LogP contribution < -0.4 is 4.74 Å². The summed E-state index contributed by atoms with van der Waals surface area (Å²) >= 11 is 0. The molecule has 2 aromatic carbocycles. The zero-order chi connectivity index (χ0) is 18.4. The van der Waals surface area contributed by atoms with E-state index in [-0.39, 0.29) is 11.6 Å². The number of rotatable bonds is 8. The maximum absolute atomic E-state index is 13.7. The van der Waals surface area contributed by atoms with Crippen LogP contribution in [0, 0.1) is 5.82 Å². The molecule has 0 aliphatic rings. The van der Waals surface area contributed by atoms with Crippen LogP contribution in [0.25, 0.3) is 11.1 Å². The van der Waals surface area contributed by atoms with Gasteiger partial charge < -0.3 is 9.64 Å². The fourth-order valence-electron chi connectivity index (χ4n) is 2.82. The number of halogens is 1. The number of aromatic amines is 1. The van der Waals surface area contributed by atoms with Crippen LogP contribution in [-0.2, 0) is 6.54 Å². The molecule has 0 fully saturated rings. The van der Waals surface area contributed by atoms with E-state index < -0.39 is 0 Å². The minimum atomic E-state index is -0.371. The van der Waals surface area contributed by atoms with E-state index in [4.69, 9.17) is 4.74 Å². The third-order valence-corrected chi connectivity index (χ3v) is 4.27. The fourth-order valence-corrected chi connectivity index (χ4v) is 2.82. The molecular formula is C21H24FN3O. The molecule has 0 bridgehead atoms. The van der Waals surface area contributed by atoms with Crippen LogP contribution >= 0.6 is 0 Å². The van der Waals surface area contributed by atoms with Gasteiger partial charge >= 0.3 is 0 Å². The second-order valence-corrected chi connectivity index (χ2v) is 6.41. The molecule has 136 valence electrons. The molecule has 1 aromatic heterocycles. The SMILES string of the molecule is CCCCN(C)Cc1[nH]ncc1-c1ccc(Oc2ccccc2F)cc1. The molecule has 0 atom stereocenters. The van der Waals surface area contributed by atoms with E-state index in [2.05, 4.69) is 29.1 Å². The number of nitrogens with zero attached hydrogens (tertiary/aromatic N) is 2. The van der Waals surface area contributed by atoms with Crippen molar-refractivity contribution in [2.45, 2.75) is 26.3 Å². The smallest absolute Gasteiger partial charge is 0.165 e. The molecule has 0 aliphatic carbocycles. The summed E-state index contributed by atoms with van der Waals surface area (Å²) in [4.78, 5) is 2.29. The largest absolute Gasteiger partial charge is 0.454 e. The Labute approximate surface area is 153 Å². The quantitative estimate of drug-likeness (QED) is 0.602. The molecule has 0 amide bonds. The fraction of sp³-hybridized carbons (Fsp3) is 0.286. The van der Waals surface area contributed by atoms with Gasteiger partial charge in [0.15, 0.2) is 11.6 Å². The lowest BCUT2D eigenvalue weighted by molar-refractivity contribution is 0.317. The molecule has 1 heterocycles. The number of unbranched alkanes of at least 4 members (excludes halogenated alkanes) is 1. The molecule has 0 saturated heterocycles. The summed E-state index contributed by atoms with van der Waals surface area (Å²) in [6.07, 6.45) is 4.21. The first-order valence-corrected chi connectivity index (χ1v) is 8.91. The van der Waals surface area contributed by atoms with E-state index in [0.717, 1.165) is 29.9 Å². The second kappa shape index (κ2) is 8.63. The summed E-state index contributed by atoms with van der Waals surface area (Å²) in [6, 6.07) is 14.0. The predicted molar refractivity (Wildman–Crippen MR) is 102 cm³/mol. The molecule has 4 nitrogen and oxygen atoms in total. The zero-order valence-electron chi connectivity index (χ0n) is 15.2. The molecule has 0 aliphatic heterocycles. The van der Waals surface area contributed by atoms with Gasteiger partial charge in [0.1, 0.15) is 5.75 Å². The molecule has 26 heavy (non-hydrogen) atoms. The minimum absolute atomic E-state index is 0.224. The first-order chi connectivity index (χ1) is 12.7. The van der Waals surface area contributed by atoms with Crippen molar-refractivity contribution < 1.29 is 9.13 Å². The van der Waals surface area contributed by atoms with Gasteiger partial charge in [-0.25, -0.2) is 4.39 Å². The number of nitrogens with one attached hydrogen (secondary N) is 1. The monoisotopic (exact) mass is 353 g/mol. The molecule has 0 unspecified atom stereocenters. The van der Waals surface area contributed by atoms with Crippen LogP contribution in [0.15, 0.2) is 54.7 Å². The summed E-state index contributed by atoms with van der Waals surface area (Å²) in [7, 11) is 2.12. The lowest BCUT2D eigenvalue weighted by Gasteiger charge is -2.16. The number of benzene rings is 2. The Morgan fingerprint density at radius 1 is 1.12 bits per heavy atom. The average Bonchev–Trinajstić information content (AvgIpc) is 3.10. The number of hydrogen-bond donors (Lipinski definition) is 1. The number of aromatic nitrogens is 2. The van der Waals surface area contributed by atoms with Gasteiger partial charge in [-0.2, -0.15) is 5.10 Å². The van der Waals surface area contributed by atoms with Crippen molar-refractivity contribution in [3.8, 4) is 22.6 Å². The van der Waals surface area contributed by atoms with Gasteiger partial charge in [0.2, 0.25) is 0 Å². The van der Waals surface area contributed by atoms with Crippen molar-refractivity contribution in [2.24, 2.45) is 0 Å². The lowest BCUT2D eigenvalue weighted by atomic mass is 10.1. The van der Waals surface area contributed by atoms with Gasteiger partial charge in [-0.05, 0) is 49.8 Å². The number of para-hydroxylation sites is 1. The van der Waals surface area contributed by atoms with Crippen LogP contribution in [0.4, 0.5) is 4.39 Å². The summed E-state index contributed by atoms with van der Waals surface area (Å²) in [5, 5.41) is 7.30. The van der Waals surface area contributed by atoms with Crippen LogP contribution in [0.2, 0.25) is 0 Å². The number of H-pyrrole nitrogens is 1. The van der Waals surface area contributed by atoms with Gasteiger partial charge in [0.25, 0.3) is 0 Å². The Hall–Kier alpha value is -2.66. The molecule has 0 saturated carbocycles. The highest BCUT2D eigenvalue weighted by Crippen LogP contribution is 2.28. The second-order valence-electron chi connectivity index (χ2n) is 6.41. The molecule has 0 spiro atoms. The molecule has 3 rings (SSSR count). The Morgan fingerprint density at radius 2 is 1.88 bits per heavy atom. The average molecular weight is 353 g/mol. The van der Waals surface area contributed by atoms with Gasteiger partial charge in [-0.15, -0.1) is 0 Å². The molecule has 0 radical (unpaired) electrons. The summed E-state index contributed by atoms with van der Waals surface area (Å²) in [5.41, 5.74) is 3.22. The Bertz CT molecular complexity index is 829. The van der Waals surface area contributed by atoms with Crippen molar-refractivity contribution in [3.63, 3.8) is 0 Å². The first-order valence-electron chi connectivity index (χ1n) is 8.91. The first kappa shape index (κ1) is 18.1. The van der Waals surface area contributed by atoms with E-state index in [1.165, 1.54) is 18.9 Å². The normalized spacial score (nSPS) is 11.1. The molecule has 3 aromatic rings. The van der Waals surface area contributed by atoms with Crippen LogP contribution in [0.1, 0.15) is 25.5 Å². The van der Waals surface area contributed by atoms with Crippen molar-refractivity contribution in [1.29, 1.82) is 0 Å². The lowest BCUT2D eigenvalue weighted by Crippen LogP contribution is -2.19. The number of ether oxygens (including phenoxy) is 1. The molecule has 1 N–H and O–H groups in total. The van der Waals surface area contributed by atoms with E-state index >= 15 is 0 Å². The predicted octanol–water partition coefficient (Wildman–Crippen LogP) is 5.24. The van der Waals surface area contributed by atoms with Gasteiger partial charge in [0, 0.05) is 12.1 Å². The molecular weight excluding hydrogens is 329 g/mol. The standard InChI is InChI=1S/C21H24FN3O/c1-3-4-13-25(2)15-20-18(14-23-24-20)16-9-11-17(12-10-16)26-21-8-6-5-7-19(21)22/h5-12,14H,3-4,13,15H2,1-2H3,(H,23,24). The van der Waals surface area contributed by atoms with Gasteiger partial charge in [0.05, 0.1) is 11.9 Å². The Balaban J connectivity index is 1.71. The van der Waals surface area contributed by atoms with Crippen molar-refractivity contribution in [1.82, 2.24) is 15.1 Å². The van der Waals surface area contributed by atoms with E-state index in [1.807, 2.05) is 30.5 Å². The van der Waals surface area contributed by atoms with E-state index in [9.17, 15) is 4.39 Å². The van der Waals surface area contributed by atoms with Gasteiger partial charge in [-0.3, -0.25) is 5.10 Å². The third kappa shape index (κ3) is 4.49. The van der Waals surface area contributed by atoms with E-state index in [0.29, 0.717) is 5.75 Å². The topological polar surface area (TPSA) is 41.2 Å². The highest BCUT2D eigenvalue weighted by Gasteiger charge is 2.11. The van der Waals surface area contributed by atoms with Crippen LogP contribution in [-0.4, -0.2) is 28.7 Å². The maximum atomic E-state index is 13.7. The third-order valence-electron chi connectivity index (χ3n) is 4.27. The van der Waals surface area contributed by atoms with Crippen LogP contribution in [0.3, 0.4) is 0 Å². The summed E-state index contributed by atoms with van der Waals surface area (Å²) in [6.45, 7) is 4.08. The number of hydrogen-bond acceptors (Lipinski definition) is 3. The Kier molecular flexibility index (Phi) is 6.02. The zero-order valence-corrected chi connectivity index (χ0v) is 15.2. The van der Waals surface area contributed by atoms with Crippen molar-refractivity contribution >= 4 is 0 Å². The highest BCUT2D eigenvalue weighted by atomic mass is 19.1. The molecule has 5 heteroatoms.